The van der Waals surface area contributed by atoms with E-state index in [0.29, 0.717) is 6.20 Å². The quantitative estimate of drug-likeness (QED) is 0.786. The average Bonchev–Trinajstić information content (AvgIpc) is 2.47. The number of carboxylic acids is 1. The van der Waals surface area contributed by atoms with Crippen LogP contribution in [0.1, 0.15) is 12.5 Å². The lowest BCUT2D eigenvalue weighted by molar-refractivity contribution is -0.336. The van der Waals surface area contributed by atoms with Crippen molar-refractivity contribution in [3.63, 3.8) is 0 Å². The van der Waals surface area contributed by atoms with Gasteiger partial charge >= 0.3 is 6.18 Å². The number of ether oxygens (including phenoxy) is 2. The summed E-state index contributed by atoms with van der Waals surface area (Å²) in [6.07, 6.45) is -4.02. The summed E-state index contributed by atoms with van der Waals surface area (Å²) in [6.45, 7) is 1.06. The van der Waals surface area contributed by atoms with Gasteiger partial charge in [0, 0.05) is 19.2 Å². The van der Waals surface area contributed by atoms with Gasteiger partial charge in [-0.05, 0) is 18.2 Å². The van der Waals surface area contributed by atoms with E-state index < -0.39 is 23.5 Å². The van der Waals surface area contributed by atoms with Crippen LogP contribution in [0.2, 0.25) is 0 Å². The molecular formula is C15H11F3NO4-. The Kier molecular flexibility index (Phi) is 4.44. The largest absolute Gasteiger partial charge is 0.543 e. The monoisotopic (exact) mass is 326 g/mol. The maximum absolute atomic E-state index is 12.5. The number of para-hydroxylation sites is 1. The van der Waals surface area contributed by atoms with Gasteiger partial charge < -0.3 is 19.4 Å². The van der Waals surface area contributed by atoms with E-state index in [4.69, 9.17) is 9.47 Å². The van der Waals surface area contributed by atoms with Crippen molar-refractivity contribution >= 4 is 5.97 Å². The molecule has 1 atom stereocenters. The molecule has 0 aliphatic rings. The molecule has 122 valence electrons. The lowest BCUT2D eigenvalue weighted by Gasteiger charge is -2.31. The summed E-state index contributed by atoms with van der Waals surface area (Å²) < 4.78 is 47.7. The van der Waals surface area contributed by atoms with Crippen molar-refractivity contribution in [1.82, 2.24) is 4.98 Å². The van der Waals surface area contributed by atoms with E-state index in [1.54, 1.807) is 18.2 Å². The van der Waals surface area contributed by atoms with Gasteiger partial charge in [-0.25, -0.2) is 4.98 Å². The van der Waals surface area contributed by atoms with E-state index in [1.807, 2.05) is 0 Å². The number of pyridine rings is 1. The van der Waals surface area contributed by atoms with Crippen LogP contribution >= 0.6 is 0 Å². The smallest absolute Gasteiger partial charge is 0.417 e. The first kappa shape index (κ1) is 16.6. The zero-order valence-corrected chi connectivity index (χ0v) is 11.8. The minimum absolute atomic E-state index is 0.186. The van der Waals surface area contributed by atoms with Crippen molar-refractivity contribution in [2.24, 2.45) is 0 Å². The predicted molar refractivity (Wildman–Crippen MR) is 70.3 cm³/mol. The van der Waals surface area contributed by atoms with Crippen LogP contribution in [-0.4, -0.2) is 16.7 Å². The fourth-order valence-corrected chi connectivity index (χ4v) is 1.63. The second kappa shape index (κ2) is 6.15. The molecule has 1 heterocycles. The average molecular weight is 326 g/mol. The number of rotatable bonds is 5. The molecule has 8 heteroatoms. The molecule has 0 aliphatic carbocycles. The maximum atomic E-state index is 12.5. The van der Waals surface area contributed by atoms with Crippen molar-refractivity contribution in [3.05, 3.63) is 54.2 Å². The molecule has 0 saturated heterocycles. The summed E-state index contributed by atoms with van der Waals surface area (Å²) in [5, 5.41) is 11.3. The second-order valence-electron chi connectivity index (χ2n) is 4.63. The third-order valence-corrected chi connectivity index (χ3v) is 2.79. The lowest BCUT2D eigenvalue weighted by atomic mass is 10.2. The van der Waals surface area contributed by atoms with Crippen molar-refractivity contribution in [1.29, 1.82) is 0 Å². The van der Waals surface area contributed by atoms with Crippen LogP contribution in [-0.2, 0) is 11.0 Å². The lowest BCUT2D eigenvalue weighted by Crippen LogP contribution is -2.54. The Bertz CT molecular complexity index is 673. The number of hydrogen-bond donors (Lipinski definition) is 0. The highest BCUT2D eigenvalue weighted by molar-refractivity contribution is 5.73. The minimum Gasteiger partial charge on any atom is -0.543 e. The van der Waals surface area contributed by atoms with E-state index in [1.165, 1.54) is 12.1 Å². The van der Waals surface area contributed by atoms with Crippen LogP contribution in [0.4, 0.5) is 13.2 Å². The molecule has 0 fully saturated rings. The van der Waals surface area contributed by atoms with E-state index in [0.717, 1.165) is 19.1 Å². The minimum atomic E-state index is -4.55. The molecule has 5 nitrogen and oxygen atoms in total. The molecule has 1 aromatic carbocycles. The van der Waals surface area contributed by atoms with Crippen LogP contribution in [0, 0.1) is 0 Å². The predicted octanol–water partition coefficient (Wildman–Crippen LogP) is 2.02. The zero-order valence-electron chi connectivity index (χ0n) is 11.8. The number of carbonyl (C=O) groups is 1. The summed E-state index contributed by atoms with van der Waals surface area (Å²) in [5.74, 6) is -4.12. The molecule has 0 bridgehead atoms. The molecule has 0 amide bonds. The standard InChI is InChI=1S/C15H12F3NO4/c1-14(13(20)21,22-11-5-3-2-4-6-11)23-12-8-7-10(9-19-12)15(16,17)18/h2-9H,1H3,(H,20,21)/p-1. The molecular weight excluding hydrogens is 315 g/mol. The fourth-order valence-electron chi connectivity index (χ4n) is 1.63. The van der Waals surface area contributed by atoms with Gasteiger partial charge in [0.15, 0.2) is 0 Å². The molecule has 1 unspecified atom stereocenters. The summed E-state index contributed by atoms with van der Waals surface area (Å²) in [5.41, 5.74) is -0.982. The van der Waals surface area contributed by atoms with Crippen molar-refractivity contribution in [2.75, 3.05) is 0 Å². The Hall–Kier alpha value is -2.77. The van der Waals surface area contributed by atoms with E-state index in [9.17, 15) is 23.1 Å². The van der Waals surface area contributed by atoms with Gasteiger partial charge in [-0.1, -0.05) is 18.2 Å². The number of nitrogens with zero attached hydrogens (tertiary/aromatic N) is 1. The molecule has 2 rings (SSSR count). The third kappa shape index (κ3) is 4.12. The van der Waals surface area contributed by atoms with E-state index in [2.05, 4.69) is 4.98 Å². The van der Waals surface area contributed by atoms with Gasteiger partial charge in [-0.2, -0.15) is 13.2 Å². The SMILES string of the molecule is CC(Oc1ccccc1)(Oc1ccc(C(F)(F)F)cn1)C(=O)[O-]. The summed E-state index contributed by atoms with van der Waals surface area (Å²) in [4.78, 5) is 14.7. The number of carbonyl (C=O) groups excluding carboxylic acids is 1. The van der Waals surface area contributed by atoms with E-state index in [-0.39, 0.29) is 11.6 Å². The Balaban J connectivity index is 2.21. The summed E-state index contributed by atoms with van der Waals surface area (Å²) >= 11 is 0. The van der Waals surface area contributed by atoms with Crippen LogP contribution in [0.25, 0.3) is 0 Å². The Labute approximate surface area is 129 Å². The highest BCUT2D eigenvalue weighted by atomic mass is 19.4. The fraction of sp³-hybridized carbons (Fsp3) is 0.200. The van der Waals surface area contributed by atoms with Gasteiger partial charge in [0.05, 0.1) is 5.56 Å². The highest BCUT2D eigenvalue weighted by Crippen LogP contribution is 2.30. The number of halogens is 3. The van der Waals surface area contributed by atoms with Crippen LogP contribution in [0.15, 0.2) is 48.7 Å². The molecule has 0 spiro atoms. The molecule has 0 aliphatic heterocycles. The van der Waals surface area contributed by atoms with Crippen LogP contribution in [0.3, 0.4) is 0 Å². The van der Waals surface area contributed by atoms with Crippen molar-refractivity contribution in [3.8, 4) is 11.6 Å². The third-order valence-electron chi connectivity index (χ3n) is 2.79. The number of carboxylic acid groups (broad SMARTS) is 1. The van der Waals surface area contributed by atoms with Gasteiger partial charge in [-0.15, -0.1) is 0 Å². The number of aromatic nitrogens is 1. The summed E-state index contributed by atoms with van der Waals surface area (Å²) in [6, 6.07) is 9.53. The Morgan fingerprint density at radius 3 is 2.22 bits per heavy atom. The van der Waals surface area contributed by atoms with Gasteiger partial charge in [-0.3, -0.25) is 0 Å². The van der Waals surface area contributed by atoms with Crippen molar-refractivity contribution < 1.29 is 32.5 Å². The van der Waals surface area contributed by atoms with Crippen LogP contribution in [0.5, 0.6) is 11.6 Å². The normalized spacial score (nSPS) is 13.9. The molecule has 23 heavy (non-hydrogen) atoms. The topological polar surface area (TPSA) is 71.5 Å². The molecule has 0 N–H and O–H groups in total. The van der Waals surface area contributed by atoms with E-state index >= 15 is 0 Å². The number of alkyl halides is 3. The zero-order chi connectivity index (χ0) is 17.1. The molecule has 0 radical (unpaired) electrons. The Morgan fingerprint density at radius 1 is 1.09 bits per heavy atom. The first-order valence-electron chi connectivity index (χ1n) is 6.38. The first-order chi connectivity index (χ1) is 10.7. The van der Waals surface area contributed by atoms with Gasteiger partial charge in [0.2, 0.25) is 5.88 Å². The molecule has 2 aromatic rings. The second-order valence-corrected chi connectivity index (χ2v) is 4.63. The molecule has 0 saturated carbocycles. The maximum Gasteiger partial charge on any atom is 0.417 e. The number of hydrogen-bond acceptors (Lipinski definition) is 5. The van der Waals surface area contributed by atoms with Crippen LogP contribution < -0.4 is 14.6 Å². The Morgan fingerprint density at radius 2 is 1.74 bits per heavy atom. The highest BCUT2D eigenvalue weighted by Gasteiger charge is 2.33. The van der Waals surface area contributed by atoms with Crippen molar-refractivity contribution in [2.45, 2.75) is 18.9 Å². The van der Waals surface area contributed by atoms with Gasteiger partial charge in [0.1, 0.15) is 11.7 Å². The molecule has 1 aromatic heterocycles. The number of benzene rings is 1. The summed E-state index contributed by atoms with van der Waals surface area (Å²) in [7, 11) is 0. The first-order valence-corrected chi connectivity index (χ1v) is 6.38. The van der Waals surface area contributed by atoms with Gasteiger partial charge in [0.25, 0.3) is 5.79 Å². The number of aliphatic carboxylic acids is 1.